The molecular weight excluding hydrogens is 280 g/mol. The summed E-state index contributed by atoms with van der Waals surface area (Å²) in [6.07, 6.45) is 0.317. The van der Waals surface area contributed by atoms with E-state index in [2.05, 4.69) is 0 Å². The third kappa shape index (κ3) is 3.08. The minimum Gasteiger partial charge on any atom is -0.476 e. The largest absolute Gasteiger partial charge is 0.476 e. The lowest BCUT2D eigenvalue weighted by atomic mass is 10.0. The molecule has 0 radical (unpaired) electrons. The molecule has 0 unspecified atom stereocenters. The fourth-order valence-corrected chi connectivity index (χ4v) is 2.68. The lowest BCUT2D eigenvalue weighted by Gasteiger charge is -2.38. The predicted octanol–water partition coefficient (Wildman–Crippen LogP) is 2.45. The van der Waals surface area contributed by atoms with Crippen LogP contribution in [-0.4, -0.2) is 41.9 Å². The van der Waals surface area contributed by atoms with E-state index in [1.165, 1.54) is 0 Å². The maximum atomic E-state index is 12.6. The van der Waals surface area contributed by atoms with Crippen molar-refractivity contribution in [2.75, 3.05) is 24.5 Å². The first-order chi connectivity index (χ1) is 10.4. The molecule has 2 amide bonds. The van der Waals surface area contributed by atoms with Gasteiger partial charge in [-0.3, -0.25) is 9.59 Å². The molecule has 0 aliphatic carbocycles. The number of amides is 2. The molecule has 22 heavy (non-hydrogen) atoms. The van der Waals surface area contributed by atoms with Crippen molar-refractivity contribution in [3.05, 3.63) is 24.3 Å². The SMILES string of the molecule is CCN(CC)C(=O)CCN1C(=O)C(C)(C)Oc2ccccc21. The average Bonchev–Trinajstić information content (AvgIpc) is 2.48. The van der Waals surface area contributed by atoms with Crippen LogP contribution in [0.4, 0.5) is 5.69 Å². The number of para-hydroxylation sites is 2. The minimum absolute atomic E-state index is 0.0691. The van der Waals surface area contributed by atoms with Gasteiger partial charge in [0.1, 0.15) is 5.75 Å². The molecule has 1 aliphatic heterocycles. The number of carbonyl (C=O) groups excluding carboxylic acids is 2. The average molecular weight is 304 g/mol. The number of ether oxygens (including phenoxy) is 1. The van der Waals surface area contributed by atoms with Gasteiger partial charge in [0, 0.05) is 26.1 Å². The molecule has 1 aromatic rings. The van der Waals surface area contributed by atoms with Gasteiger partial charge in [0.25, 0.3) is 5.91 Å². The highest BCUT2D eigenvalue weighted by Crippen LogP contribution is 2.37. The van der Waals surface area contributed by atoms with Crippen LogP contribution in [-0.2, 0) is 9.59 Å². The Hall–Kier alpha value is -2.04. The Bertz CT molecular complexity index is 565. The number of nitrogens with zero attached hydrogens (tertiary/aromatic N) is 2. The van der Waals surface area contributed by atoms with E-state index in [1.807, 2.05) is 38.1 Å². The molecule has 5 nitrogen and oxygen atoms in total. The molecule has 0 N–H and O–H groups in total. The topological polar surface area (TPSA) is 49.9 Å². The second-order valence-electron chi connectivity index (χ2n) is 5.85. The van der Waals surface area contributed by atoms with Gasteiger partial charge >= 0.3 is 0 Å². The molecule has 0 bridgehead atoms. The predicted molar refractivity (Wildman–Crippen MR) is 86.0 cm³/mol. The third-order valence-corrected chi connectivity index (χ3v) is 3.95. The van der Waals surface area contributed by atoms with E-state index in [9.17, 15) is 9.59 Å². The first-order valence-electron chi connectivity index (χ1n) is 7.78. The monoisotopic (exact) mass is 304 g/mol. The van der Waals surface area contributed by atoms with E-state index < -0.39 is 5.60 Å². The molecule has 1 aliphatic rings. The highest BCUT2D eigenvalue weighted by atomic mass is 16.5. The Balaban J connectivity index is 2.19. The van der Waals surface area contributed by atoms with Crippen LogP contribution in [0.2, 0.25) is 0 Å². The Morgan fingerprint density at radius 2 is 1.86 bits per heavy atom. The van der Waals surface area contributed by atoms with Crippen LogP contribution in [0.1, 0.15) is 34.1 Å². The summed E-state index contributed by atoms with van der Waals surface area (Å²) in [5.41, 5.74) is -0.175. The van der Waals surface area contributed by atoms with Gasteiger partial charge in [0.05, 0.1) is 5.69 Å². The number of fused-ring (bicyclic) bond motifs is 1. The van der Waals surface area contributed by atoms with Crippen molar-refractivity contribution in [2.24, 2.45) is 0 Å². The molecule has 0 saturated heterocycles. The first-order valence-corrected chi connectivity index (χ1v) is 7.78. The van der Waals surface area contributed by atoms with Crippen molar-refractivity contribution in [3.8, 4) is 5.75 Å². The number of benzene rings is 1. The Morgan fingerprint density at radius 3 is 2.50 bits per heavy atom. The Kier molecular flexibility index (Phi) is 4.74. The second kappa shape index (κ2) is 6.38. The van der Waals surface area contributed by atoms with Gasteiger partial charge in [-0.05, 0) is 39.8 Å². The van der Waals surface area contributed by atoms with Crippen molar-refractivity contribution in [2.45, 2.75) is 39.7 Å². The molecule has 0 atom stereocenters. The number of carbonyl (C=O) groups is 2. The molecule has 0 fully saturated rings. The zero-order valence-corrected chi connectivity index (χ0v) is 13.8. The van der Waals surface area contributed by atoms with Crippen molar-refractivity contribution in [1.29, 1.82) is 0 Å². The number of hydrogen-bond acceptors (Lipinski definition) is 3. The summed E-state index contributed by atoms with van der Waals surface area (Å²) in [5, 5.41) is 0. The van der Waals surface area contributed by atoms with Gasteiger partial charge in [-0.2, -0.15) is 0 Å². The Morgan fingerprint density at radius 1 is 1.23 bits per heavy atom. The van der Waals surface area contributed by atoms with Crippen molar-refractivity contribution < 1.29 is 14.3 Å². The summed E-state index contributed by atoms with van der Waals surface area (Å²) < 4.78 is 5.77. The smallest absolute Gasteiger partial charge is 0.270 e. The van der Waals surface area contributed by atoms with Crippen LogP contribution in [0.3, 0.4) is 0 Å². The lowest BCUT2D eigenvalue weighted by Crippen LogP contribution is -2.53. The summed E-state index contributed by atoms with van der Waals surface area (Å²) in [7, 11) is 0. The summed E-state index contributed by atoms with van der Waals surface area (Å²) >= 11 is 0. The van der Waals surface area contributed by atoms with Crippen LogP contribution in [0.5, 0.6) is 5.75 Å². The zero-order valence-electron chi connectivity index (χ0n) is 13.8. The van der Waals surface area contributed by atoms with Crippen LogP contribution >= 0.6 is 0 Å². The van der Waals surface area contributed by atoms with Gasteiger partial charge in [-0.25, -0.2) is 0 Å². The first kappa shape index (κ1) is 16.3. The van der Waals surface area contributed by atoms with Crippen LogP contribution < -0.4 is 9.64 Å². The van der Waals surface area contributed by atoms with E-state index in [0.717, 1.165) is 5.69 Å². The third-order valence-electron chi connectivity index (χ3n) is 3.95. The standard InChI is InChI=1S/C17H24N2O3/c1-5-18(6-2)15(20)11-12-19-13-9-7-8-10-14(13)22-17(3,4)16(19)21/h7-10H,5-6,11-12H2,1-4H3. The van der Waals surface area contributed by atoms with E-state index in [0.29, 0.717) is 31.8 Å². The molecule has 0 spiro atoms. The molecule has 0 saturated carbocycles. The van der Waals surface area contributed by atoms with Crippen molar-refractivity contribution in [3.63, 3.8) is 0 Å². The summed E-state index contributed by atoms with van der Waals surface area (Å²) in [6, 6.07) is 7.45. The van der Waals surface area contributed by atoms with E-state index >= 15 is 0 Å². The summed E-state index contributed by atoms with van der Waals surface area (Å²) in [5.74, 6) is 0.639. The van der Waals surface area contributed by atoms with E-state index in [-0.39, 0.29) is 11.8 Å². The van der Waals surface area contributed by atoms with Crippen LogP contribution in [0.25, 0.3) is 0 Å². The molecule has 120 valence electrons. The number of hydrogen-bond donors (Lipinski definition) is 0. The van der Waals surface area contributed by atoms with Gasteiger partial charge in [0.15, 0.2) is 5.60 Å². The van der Waals surface area contributed by atoms with Gasteiger partial charge in [-0.15, -0.1) is 0 Å². The quantitative estimate of drug-likeness (QED) is 0.839. The number of anilines is 1. The van der Waals surface area contributed by atoms with E-state index in [4.69, 9.17) is 4.74 Å². The van der Waals surface area contributed by atoms with Gasteiger partial charge in [-0.1, -0.05) is 12.1 Å². The second-order valence-corrected chi connectivity index (χ2v) is 5.85. The molecule has 0 aromatic heterocycles. The fraction of sp³-hybridized carbons (Fsp3) is 0.529. The normalized spacial score (nSPS) is 16.0. The lowest BCUT2D eigenvalue weighted by molar-refractivity contribution is -0.133. The maximum Gasteiger partial charge on any atom is 0.270 e. The molecule has 1 aromatic carbocycles. The highest BCUT2D eigenvalue weighted by Gasteiger charge is 2.40. The van der Waals surface area contributed by atoms with E-state index in [1.54, 1.807) is 23.6 Å². The molecule has 1 heterocycles. The fourth-order valence-electron chi connectivity index (χ4n) is 2.68. The van der Waals surface area contributed by atoms with Crippen LogP contribution in [0.15, 0.2) is 24.3 Å². The molecule has 2 rings (SSSR count). The Labute approximate surface area is 131 Å². The minimum atomic E-state index is -0.910. The molecular formula is C17H24N2O3. The highest BCUT2D eigenvalue weighted by molar-refractivity contribution is 6.02. The van der Waals surface area contributed by atoms with Gasteiger partial charge < -0.3 is 14.5 Å². The summed E-state index contributed by atoms with van der Waals surface area (Å²) in [4.78, 5) is 28.2. The van der Waals surface area contributed by atoms with Crippen LogP contribution in [0, 0.1) is 0 Å². The van der Waals surface area contributed by atoms with Gasteiger partial charge in [0.2, 0.25) is 5.91 Å². The van der Waals surface area contributed by atoms with Crippen molar-refractivity contribution >= 4 is 17.5 Å². The zero-order chi connectivity index (χ0) is 16.3. The van der Waals surface area contributed by atoms with Crippen molar-refractivity contribution in [1.82, 2.24) is 4.90 Å². The number of rotatable bonds is 5. The maximum absolute atomic E-state index is 12.6. The summed E-state index contributed by atoms with van der Waals surface area (Å²) in [6.45, 7) is 9.18. The molecule has 5 heteroatoms.